The van der Waals surface area contributed by atoms with Gasteiger partial charge in [-0.3, -0.25) is 4.79 Å². The van der Waals surface area contributed by atoms with Crippen molar-refractivity contribution < 1.29 is 33.4 Å². The number of nitrogens with zero attached hydrogens (tertiary/aromatic N) is 3. The molecule has 44 heavy (non-hydrogen) atoms. The van der Waals surface area contributed by atoms with Crippen LogP contribution in [0.2, 0.25) is 0 Å². The van der Waals surface area contributed by atoms with Gasteiger partial charge in [0.1, 0.15) is 11.3 Å². The molecule has 1 aliphatic carbocycles. The average Bonchev–Trinajstić information content (AvgIpc) is 3.60. The minimum absolute atomic E-state index is 0. The maximum Gasteiger partial charge on any atom is 0.354 e. The zero-order chi connectivity index (χ0) is 31.5. The van der Waals surface area contributed by atoms with Gasteiger partial charge < -0.3 is 25.6 Å². The van der Waals surface area contributed by atoms with Gasteiger partial charge in [-0.2, -0.15) is 5.10 Å². The Morgan fingerprint density at radius 2 is 1.89 bits per heavy atom. The van der Waals surface area contributed by atoms with Crippen LogP contribution in [-0.2, 0) is 17.7 Å². The highest BCUT2D eigenvalue weighted by atomic mass is 35.5. The highest BCUT2D eigenvalue weighted by Gasteiger charge is 2.30. The molecule has 2 aromatic heterocycles. The van der Waals surface area contributed by atoms with Gasteiger partial charge in [0.15, 0.2) is 22.9 Å². The topological polar surface area (TPSA) is 158 Å². The van der Waals surface area contributed by atoms with Crippen molar-refractivity contribution in [2.45, 2.75) is 58.7 Å². The van der Waals surface area contributed by atoms with Crippen LogP contribution in [-0.4, -0.2) is 50.3 Å². The minimum atomic E-state index is -1.22. The number of carboxylic acid groups (broad SMARTS) is 1. The van der Waals surface area contributed by atoms with Crippen LogP contribution >= 0.6 is 12.4 Å². The van der Waals surface area contributed by atoms with Crippen LogP contribution in [0.4, 0.5) is 4.39 Å². The van der Waals surface area contributed by atoms with Crippen molar-refractivity contribution in [2.24, 2.45) is 5.73 Å². The summed E-state index contributed by atoms with van der Waals surface area (Å²) in [5.41, 5.74) is 9.08. The lowest BCUT2D eigenvalue weighted by Gasteiger charge is -2.21. The van der Waals surface area contributed by atoms with Crippen LogP contribution in [0.1, 0.15) is 86.8 Å². The lowest BCUT2D eigenvalue weighted by atomic mass is 9.97. The number of aromatic nitrogens is 3. The number of nitrogens with two attached hydrogens (primary N) is 1. The van der Waals surface area contributed by atoms with E-state index < -0.39 is 17.5 Å². The number of carbonyl (C=O) groups excluding carboxylic acids is 2. The Kier molecular flexibility index (Phi) is 10.7. The fourth-order valence-electron chi connectivity index (χ4n) is 4.83. The average molecular weight is 628 g/mol. The molecular formula is C31H35ClFN5O6. The third-order valence-electron chi connectivity index (χ3n) is 6.88. The van der Waals surface area contributed by atoms with Gasteiger partial charge in [0.05, 0.1) is 24.9 Å². The molecular weight excluding hydrogens is 593 g/mol. The number of carbonyl (C=O) groups is 3. The van der Waals surface area contributed by atoms with Gasteiger partial charge in [0.2, 0.25) is 0 Å². The Labute approximate surface area is 260 Å². The van der Waals surface area contributed by atoms with Gasteiger partial charge >= 0.3 is 11.9 Å². The number of esters is 1. The molecule has 11 nitrogen and oxygen atoms in total. The molecule has 1 aliphatic rings. The molecule has 1 atom stereocenters. The van der Waals surface area contributed by atoms with E-state index in [0.717, 1.165) is 22.3 Å². The lowest BCUT2D eigenvalue weighted by Crippen LogP contribution is -2.29. The standard InChI is InChI=1S/C23H24N4O5.C8H10FNO.ClH/c1-12-13-7-8-16(15(13)6-5-14(12)22(31)32-23(2,3)4)26-20(28)18-11-17(21(29)30)25-19-9-10-24-27(18)19;1-11-8-4-6(5-10)2-3-7(8)9;/h5-6,9-11,16H,7-8H2,1-4H3,(H,26,28)(H,29,30);2-4H,5,10H2,1H3;1H/t16-;;/m0../s1. The smallest absolute Gasteiger partial charge is 0.354 e. The summed E-state index contributed by atoms with van der Waals surface area (Å²) in [4.78, 5) is 41.0. The minimum Gasteiger partial charge on any atom is -0.494 e. The van der Waals surface area contributed by atoms with E-state index in [1.807, 2.05) is 33.8 Å². The van der Waals surface area contributed by atoms with Crippen LogP contribution in [0.5, 0.6) is 5.75 Å². The van der Waals surface area contributed by atoms with E-state index in [1.165, 1.54) is 36.0 Å². The Bertz CT molecular complexity index is 1700. The van der Waals surface area contributed by atoms with Gasteiger partial charge in [0, 0.05) is 18.7 Å². The van der Waals surface area contributed by atoms with Gasteiger partial charge in [0.25, 0.3) is 5.91 Å². The highest BCUT2D eigenvalue weighted by Crippen LogP contribution is 2.35. The molecule has 2 heterocycles. The quantitative estimate of drug-likeness (QED) is 0.255. The number of fused-ring (bicyclic) bond motifs is 2. The number of hydrogen-bond acceptors (Lipinski definition) is 8. The number of carboxylic acids is 1. The van der Waals surface area contributed by atoms with Crippen molar-refractivity contribution in [1.29, 1.82) is 0 Å². The van der Waals surface area contributed by atoms with Crippen LogP contribution < -0.4 is 15.8 Å². The normalized spacial score (nSPS) is 13.7. The summed E-state index contributed by atoms with van der Waals surface area (Å²) in [6.07, 6.45) is 2.83. The van der Waals surface area contributed by atoms with Gasteiger partial charge in [-0.15, -0.1) is 12.4 Å². The lowest BCUT2D eigenvalue weighted by molar-refractivity contribution is 0.00682. The predicted octanol–water partition coefficient (Wildman–Crippen LogP) is 4.82. The SMILES string of the molecule is COc1cc(CN)ccc1F.Cc1c(C(=O)OC(C)(C)C)ccc2c1CC[C@@H]2NC(=O)c1cc(C(=O)O)nc2ccnn12.Cl. The number of methoxy groups -OCH3 is 1. The molecule has 2 aromatic carbocycles. The molecule has 13 heteroatoms. The van der Waals surface area contributed by atoms with Crippen molar-refractivity contribution >= 4 is 35.9 Å². The summed E-state index contributed by atoms with van der Waals surface area (Å²) in [6, 6.07) is 10.6. The molecule has 5 rings (SSSR count). The van der Waals surface area contributed by atoms with E-state index in [-0.39, 0.29) is 53.0 Å². The molecule has 0 unspecified atom stereocenters. The molecule has 4 N–H and O–H groups in total. The molecule has 4 aromatic rings. The molecule has 0 spiro atoms. The first kappa shape index (κ1) is 33.9. The van der Waals surface area contributed by atoms with E-state index in [9.17, 15) is 23.9 Å². The predicted molar refractivity (Wildman–Crippen MR) is 163 cm³/mol. The molecule has 0 fully saturated rings. The van der Waals surface area contributed by atoms with Crippen LogP contribution in [0.3, 0.4) is 0 Å². The van der Waals surface area contributed by atoms with Gasteiger partial charge in [-0.1, -0.05) is 12.1 Å². The molecule has 0 radical (unpaired) electrons. The molecule has 0 aliphatic heterocycles. The zero-order valence-electron chi connectivity index (χ0n) is 25.0. The summed E-state index contributed by atoms with van der Waals surface area (Å²) >= 11 is 0. The van der Waals surface area contributed by atoms with E-state index >= 15 is 0 Å². The summed E-state index contributed by atoms with van der Waals surface area (Å²) in [5.74, 6) is -2.16. The van der Waals surface area contributed by atoms with E-state index in [1.54, 1.807) is 18.2 Å². The number of benzene rings is 2. The maximum absolute atomic E-state index is 13.0. The zero-order valence-corrected chi connectivity index (χ0v) is 25.8. The van der Waals surface area contributed by atoms with Crippen molar-refractivity contribution in [3.05, 3.63) is 93.7 Å². The summed E-state index contributed by atoms with van der Waals surface area (Å²) in [6.45, 7) is 7.76. The van der Waals surface area contributed by atoms with Crippen molar-refractivity contribution in [2.75, 3.05) is 7.11 Å². The number of nitrogens with one attached hydrogen (secondary N) is 1. The van der Waals surface area contributed by atoms with E-state index in [4.69, 9.17) is 15.2 Å². The van der Waals surface area contributed by atoms with Crippen molar-refractivity contribution in [3.63, 3.8) is 0 Å². The van der Waals surface area contributed by atoms with Crippen LogP contribution in [0, 0.1) is 12.7 Å². The first-order chi connectivity index (χ1) is 20.3. The largest absolute Gasteiger partial charge is 0.494 e. The van der Waals surface area contributed by atoms with E-state index in [0.29, 0.717) is 24.9 Å². The highest BCUT2D eigenvalue weighted by molar-refractivity contribution is 5.96. The second kappa shape index (κ2) is 13.8. The maximum atomic E-state index is 13.0. The molecule has 1 amide bonds. The molecule has 0 saturated heterocycles. The molecule has 0 bridgehead atoms. The molecule has 0 saturated carbocycles. The van der Waals surface area contributed by atoms with Crippen molar-refractivity contribution in [3.8, 4) is 5.75 Å². The summed E-state index contributed by atoms with van der Waals surface area (Å²) < 4.78 is 24.3. The second-order valence-corrected chi connectivity index (χ2v) is 11.0. The van der Waals surface area contributed by atoms with E-state index in [2.05, 4.69) is 15.4 Å². The molecule has 234 valence electrons. The number of rotatable bonds is 6. The number of amides is 1. The van der Waals surface area contributed by atoms with Crippen molar-refractivity contribution in [1.82, 2.24) is 19.9 Å². The summed E-state index contributed by atoms with van der Waals surface area (Å²) in [7, 11) is 1.43. The van der Waals surface area contributed by atoms with Gasteiger partial charge in [-0.25, -0.2) is 23.5 Å². The third-order valence-corrected chi connectivity index (χ3v) is 6.88. The fourth-order valence-corrected chi connectivity index (χ4v) is 4.83. The Morgan fingerprint density at radius 1 is 1.16 bits per heavy atom. The summed E-state index contributed by atoms with van der Waals surface area (Å²) in [5, 5.41) is 16.4. The Hall–Kier alpha value is -4.55. The second-order valence-electron chi connectivity index (χ2n) is 11.0. The third kappa shape index (κ3) is 7.50. The van der Waals surface area contributed by atoms with Crippen LogP contribution in [0.15, 0.2) is 48.7 Å². The number of halogens is 2. The fraction of sp³-hybridized carbons (Fsp3) is 0.323. The Morgan fingerprint density at radius 3 is 2.52 bits per heavy atom. The van der Waals surface area contributed by atoms with Crippen LogP contribution in [0.25, 0.3) is 5.65 Å². The number of aromatic carboxylic acids is 1. The number of ether oxygens (including phenoxy) is 2. The first-order valence-electron chi connectivity index (χ1n) is 13.6. The van der Waals surface area contributed by atoms with Gasteiger partial charge in [-0.05, 0) is 81.0 Å². The Balaban J connectivity index is 0.000000374. The monoisotopic (exact) mass is 627 g/mol. The number of hydrogen-bond donors (Lipinski definition) is 3. The first-order valence-corrected chi connectivity index (χ1v) is 13.6.